The first-order chi connectivity index (χ1) is 11.6. The van der Waals surface area contributed by atoms with Gasteiger partial charge in [-0.1, -0.05) is 41.4 Å². The molecule has 0 aromatic heterocycles. The summed E-state index contributed by atoms with van der Waals surface area (Å²) in [6, 6.07) is 3.14. The lowest BCUT2D eigenvalue weighted by atomic mass is 10.0. The van der Waals surface area contributed by atoms with Gasteiger partial charge in [0.05, 0.1) is 0 Å². The van der Waals surface area contributed by atoms with Crippen LogP contribution >= 0.6 is 27.5 Å². The monoisotopic (exact) mass is 432 g/mol. The second kappa shape index (κ2) is 9.77. The first-order valence-corrected chi connectivity index (χ1v) is 9.01. The summed E-state index contributed by atoms with van der Waals surface area (Å²) in [6.45, 7) is 5.15. The molecule has 3 N–H and O–H groups in total. The fourth-order valence-electron chi connectivity index (χ4n) is 2.34. The van der Waals surface area contributed by atoms with Crippen LogP contribution in [0.4, 0.5) is 0 Å². The zero-order valence-electron chi connectivity index (χ0n) is 14.3. The van der Waals surface area contributed by atoms with Gasteiger partial charge in [0.15, 0.2) is 0 Å². The van der Waals surface area contributed by atoms with E-state index in [9.17, 15) is 19.5 Å². The molecular formula is C17H22BrClN2O4. The molecule has 138 valence electrons. The molecule has 0 saturated heterocycles. The Bertz CT molecular complexity index is 652. The summed E-state index contributed by atoms with van der Waals surface area (Å²) in [4.78, 5) is 35.3. The van der Waals surface area contributed by atoms with E-state index in [-0.39, 0.29) is 18.2 Å². The van der Waals surface area contributed by atoms with Crippen molar-refractivity contribution < 1.29 is 19.5 Å². The zero-order valence-corrected chi connectivity index (χ0v) is 16.6. The molecule has 1 aromatic rings. The minimum absolute atomic E-state index is 0.0662. The van der Waals surface area contributed by atoms with Crippen LogP contribution in [0.3, 0.4) is 0 Å². The SMILES string of the molecule is CC(=O)N[C@@H](CC(C)C)C(=O)N[C@H](Cc1cc(Cl)ccc1Br)C(=O)O. The maximum absolute atomic E-state index is 12.4. The van der Waals surface area contributed by atoms with Gasteiger partial charge in [0.25, 0.3) is 0 Å². The fraction of sp³-hybridized carbons (Fsp3) is 0.471. The molecule has 0 spiro atoms. The number of hydrogen-bond donors (Lipinski definition) is 3. The molecule has 0 bridgehead atoms. The standard InChI is InChI=1S/C17H22BrClN2O4/c1-9(2)6-14(20-10(3)22)16(23)21-15(17(24)25)8-11-7-12(19)4-5-13(11)18/h4-5,7,9,14-15H,6,8H2,1-3H3,(H,20,22)(H,21,23)(H,24,25)/t14-,15+/m0/s1. The third-order valence-electron chi connectivity index (χ3n) is 3.45. The summed E-state index contributed by atoms with van der Waals surface area (Å²) in [7, 11) is 0. The molecule has 0 aliphatic rings. The number of amides is 2. The first kappa shape index (κ1) is 21.4. The van der Waals surface area contributed by atoms with Crippen LogP contribution in [0, 0.1) is 5.92 Å². The van der Waals surface area contributed by atoms with Gasteiger partial charge in [0.1, 0.15) is 12.1 Å². The van der Waals surface area contributed by atoms with E-state index in [1.807, 2.05) is 13.8 Å². The highest BCUT2D eigenvalue weighted by atomic mass is 79.9. The largest absolute Gasteiger partial charge is 0.480 e. The van der Waals surface area contributed by atoms with Gasteiger partial charge < -0.3 is 15.7 Å². The van der Waals surface area contributed by atoms with Crippen molar-refractivity contribution in [1.29, 1.82) is 0 Å². The van der Waals surface area contributed by atoms with E-state index in [0.717, 1.165) is 0 Å². The van der Waals surface area contributed by atoms with E-state index < -0.39 is 24.0 Å². The molecule has 2 amide bonds. The third-order valence-corrected chi connectivity index (χ3v) is 4.46. The smallest absolute Gasteiger partial charge is 0.326 e. The molecule has 0 radical (unpaired) electrons. The molecule has 25 heavy (non-hydrogen) atoms. The fourth-order valence-corrected chi connectivity index (χ4v) is 2.94. The Morgan fingerprint density at radius 2 is 1.84 bits per heavy atom. The van der Waals surface area contributed by atoms with E-state index in [1.54, 1.807) is 18.2 Å². The number of nitrogens with one attached hydrogen (secondary N) is 2. The second-order valence-corrected chi connectivity index (χ2v) is 7.51. The van der Waals surface area contributed by atoms with Crippen molar-refractivity contribution >= 4 is 45.3 Å². The number of carboxylic acid groups (broad SMARTS) is 1. The molecule has 8 heteroatoms. The van der Waals surface area contributed by atoms with E-state index in [0.29, 0.717) is 21.5 Å². The van der Waals surface area contributed by atoms with Crippen molar-refractivity contribution in [3.63, 3.8) is 0 Å². The molecule has 0 heterocycles. The predicted molar refractivity (Wildman–Crippen MR) is 99.5 cm³/mol. The number of rotatable bonds is 8. The average Bonchev–Trinajstić information content (AvgIpc) is 2.48. The van der Waals surface area contributed by atoms with Crippen LogP contribution in [0.2, 0.25) is 5.02 Å². The molecule has 0 fully saturated rings. The summed E-state index contributed by atoms with van der Waals surface area (Å²) in [5, 5.41) is 15.0. The first-order valence-electron chi connectivity index (χ1n) is 7.84. The Morgan fingerprint density at radius 1 is 1.20 bits per heavy atom. The van der Waals surface area contributed by atoms with Gasteiger partial charge in [-0.05, 0) is 36.1 Å². The number of aliphatic carboxylic acids is 1. The number of carbonyl (C=O) groups excluding carboxylic acids is 2. The normalized spacial score (nSPS) is 13.2. The maximum atomic E-state index is 12.4. The van der Waals surface area contributed by atoms with Gasteiger partial charge in [-0.3, -0.25) is 9.59 Å². The van der Waals surface area contributed by atoms with Crippen molar-refractivity contribution in [2.24, 2.45) is 5.92 Å². The van der Waals surface area contributed by atoms with Crippen LogP contribution in [0.25, 0.3) is 0 Å². The van der Waals surface area contributed by atoms with Gasteiger partial charge in [0, 0.05) is 22.8 Å². The molecule has 2 atom stereocenters. The number of benzene rings is 1. The number of carboxylic acids is 1. The summed E-state index contributed by atoms with van der Waals surface area (Å²) < 4.78 is 0.706. The van der Waals surface area contributed by atoms with Crippen LogP contribution in [-0.4, -0.2) is 35.0 Å². The highest BCUT2D eigenvalue weighted by molar-refractivity contribution is 9.10. The van der Waals surface area contributed by atoms with Gasteiger partial charge >= 0.3 is 5.97 Å². The van der Waals surface area contributed by atoms with E-state index in [1.165, 1.54) is 6.92 Å². The van der Waals surface area contributed by atoms with Crippen LogP contribution in [0.1, 0.15) is 32.8 Å². The average molecular weight is 434 g/mol. The number of hydrogen-bond acceptors (Lipinski definition) is 3. The summed E-state index contributed by atoms with van der Waals surface area (Å²) in [6.07, 6.45) is 0.481. The number of carbonyl (C=O) groups is 3. The van der Waals surface area contributed by atoms with Gasteiger partial charge in [0.2, 0.25) is 11.8 Å². The molecule has 0 saturated carbocycles. The Morgan fingerprint density at radius 3 is 2.36 bits per heavy atom. The Labute approximate surface area is 160 Å². The van der Waals surface area contributed by atoms with Crippen LogP contribution in [-0.2, 0) is 20.8 Å². The zero-order chi connectivity index (χ0) is 19.1. The van der Waals surface area contributed by atoms with Gasteiger partial charge in [-0.2, -0.15) is 0 Å². The highest BCUT2D eigenvalue weighted by Gasteiger charge is 2.27. The lowest BCUT2D eigenvalue weighted by Gasteiger charge is -2.22. The topological polar surface area (TPSA) is 95.5 Å². The molecule has 0 unspecified atom stereocenters. The lowest BCUT2D eigenvalue weighted by Crippen LogP contribution is -2.52. The van der Waals surface area contributed by atoms with E-state index >= 15 is 0 Å². The Kier molecular flexibility index (Phi) is 8.38. The van der Waals surface area contributed by atoms with Crippen LogP contribution < -0.4 is 10.6 Å². The maximum Gasteiger partial charge on any atom is 0.326 e. The minimum atomic E-state index is -1.16. The van der Waals surface area contributed by atoms with Gasteiger partial charge in [-0.15, -0.1) is 0 Å². The highest BCUT2D eigenvalue weighted by Crippen LogP contribution is 2.22. The van der Waals surface area contributed by atoms with Crippen molar-refractivity contribution in [3.05, 3.63) is 33.3 Å². The molecular weight excluding hydrogens is 412 g/mol. The third kappa shape index (κ3) is 7.44. The van der Waals surface area contributed by atoms with Gasteiger partial charge in [-0.25, -0.2) is 4.79 Å². The number of halogens is 2. The lowest BCUT2D eigenvalue weighted by molar-refractivity contribution is -0.142. The van der Waals surface area contributed by atoms with E-state index in [4.69, 9.17) is 11.6 Å². The summed E-state index contributed by atoms with van der Waals surface area (Å²) >= 11 is 9.29. The van der Waals surface area contributed by atoms with Crippen LogP contribution in [0.15, 0.2) is 22.7 Å². The van der Waals surface area contributed by atoms with Crippen LogP contribution in [0.5, 0.6) is 0 Å². The molecule has 1 aromatic carbocycles. The summed E-state index contributed by atoms with van der Waals surface area (Å²) in [5.41, 5.74) is 0.667. The van der Waals surface area contributed by atoms with Crippen molar-refractivity contribution in [3.8, 4) is 0 Å². The Balaban J connectivity index is 2.91. The molecule has 0 aliphatic heterocycles. The Hall–Kier alpha value is -1.60. The molecule has 0 aliphatic carbocycles. The minimum Gasteiger partial charge on any atom is -0.480 e. The predicted octanol–water partition coefficient (Wildman–Crippen LogP) is 2.77. The quantitative estimate of drug-likeness (QED) is 0.587. The molecule has 6 nitrogen and oxygen atoms in total. The summed E-state index contributed by atoms with van der Waals surface area (Å²) in [5.74, 6) is -1.86. The molecule has 1 rings (SSSR count). The van der Waals surface area contributed by atoms with Crippen molar-refractivity contribution in [2.75, 3.05) is 0 Å². The van der Waals surface area contributed by atoms with E-state index in [2.05, 4.69) is 26.6 Å². The second-order valence-electron chi connectivity index (χ2n) is 6.22. The van der Waals surface area contributed by atoms with Crippen molar-refractivity contribution in [2.45, 2.75) is 45.7 Å². The van der Waals surface area contributed by atoms with Crippen molar-refractivity contribution in [1.82, 2.24) is 10.6 Å².